The smallest absolute Gasteiger partial charge is 0.326 e. The summed E-state index contributed by atoms with van der Waals surface area (Å²) in [5.74, 6) is -4.94. The average molecular weight is 512 g/mol. The molecular formula is C22H33N5O7S. The van der Waals surface area contributed by atoms with Crippen molar-refractivity contribution in [2.24, 2.45) is 17.4 Å². The van der Waals surface area contributed by atoms with Crippen LogP contribution in [0.3, 0.4) is 0 Å². The highest BCUT2D eigenvalue weighted by Crippen LogP contribution is 2.12. The highest BCUT2D eigenvalue weighted by molar-refractivity contribution is 7.80. The molecule has 0 heterocycles. The Labute approximate surface area is 208 Å². The van der Waals surface area contributed by atoms with E-state index in [0.29, 0.717) is 12.0 Å². The quantitative estimate of drug-likeness (QED) is 0.139. The summed E-state index contributed by atoms with van der Waals surface area (Å²) in [5, 5.41) is 25.9. The van der Waals surface area contributed by atoms with Gasteiger partial charge in [-0.3, -0.25) is 19.2 Å². The number of primary amides is 1. The number of carboxylic acids is 1. The van der Waals surface area contributed by atoms with Crippen LogP contribution in [0.5, 0.6) is 5.75 Å². The van der Waals surface area contributed by atoms with Gasteiger partial charge in [-0.1, -0.05) is 32.4 Å². The molecule has 194 valence electrons. The summed E-state index contributed by atoms with van der Waals surface area (Å²) in [4.78, 5) is 61.0. The van der Waals surface area contributed by atoms with Gasteiger partial charge in [0.25, 0.3) is 0 Å². The molecule has 5 atom stereocenters. The Morgan fingerprint density at radius 2 is 1.46 bits per heavy atom. The summed E-state index contributed by atoms with van der Waals surface area (Å²) >= 11 is 4.04. The standard InChI is InChI=1S/C22H33N5O7S/c1-3-11(2)18(24)21(32)25-14(9-17(23)29)19(30)27-16(10-35)20(31)26-15(22(33)34)8-12-4-6-13(28)7-5-12/h4-7,11,14-16,18,28,35H,3,8-10,24H2,1-2H3,(H2,23,29)(H,25,32)(H,26,31)(H,27,30)(H,33,34). The molecule has 13 heteroatoms. The fourth-order valence-electron chi connectivity index (χ4n) is 3.00. The normalized spacial score (nSPS) is 15.1. The lowest BCUT2D eigenvalue weighted by atomic mass is 9.99. The van der Waals surface area contributed by atoms with E-state index in [0.717, 1.165) is 0 Å². The number of hydrogen-bond donors (Lipinski definition) is 8. The average Bonchev–Trinajstić information content (AvgIpc) is 2.81. The van der Waals surface area contributed by atoms with Crippen molar-refractivity contribution in [3.63, 3.8) is 0 Å². The van der Waals surface area contributed by atoms with Crippen molar-refractivity contribution in [1.29, 1.82) is 0 Å². The van der Waals surface area contributed by atoms with Crippen LogP contribution in [0.25, 0.3) is 0 Å². The van der Waals surface area contributed by atoms with E-state index in [2.05, 4.69) is 28.6 Å². The molecule has 0 fully saturated rings. The Balaban J connectivity index is 2.90. The second-order valence-corrected chi connectivity index (χ2v) is 8.52. The largest absolute Gasteiger partial charge is 0.508 e. The minimum atomic E-state index is -1.39. The fraction of sp³-hybridized carbons (Fsp3) is 0.500. The molecule has 0 saturated carbocycles. The van der Waals surface area contributed by atoms with Crippen LogP contribution in [0.4, 0.5) is 0 Å². The first-order valence-electron chi connectivity index (χ1n) is 11.0. The first-order chi connectivity index (χ1) is 16.4. The van der Waals surface area contributed by atoms with Gasteiger partial charge in [-0.2, -0.15) is 12.6 Å². The topological polar surface area (TPSA) is 214 Å². The predicted octanol–water partition coefficient (Wildman–Crippen LogP) is -1.35. The van der Waals surface area contributed by atoms with Crippen molar-refractivity contribution >= 4 is 42.2 Å². The van der Waals surface area contributed by atoms with E-state index in [-0.39, 0.29) is 23.8 Å². The van der Waals surface area contributed by atoms with Crippen LogP contribution in [0, 0.1) is 5.92 Å². The van der Waals surface area contributed by atoms with Crippen molar-refractivity contribution in [2.75, 3.05) is 5.75 Å². The zero-order chi connectivity index (χ0) is 26.7. The summed E-state index contributed by atoms with van der Waals surface area (Å²) in [6.07, 6.45) is -0.00911. The lowest BCUT2D eigenvalue weighted by molar-refractivity contribution is -0.142. The molecule has 0 bridgehead atoms. The highest BCUT2D eigenvalue weighted by atomic mass is 32.1. The van der Waals surface area contributed by atoms with Gasteiger partial charge in [-0.05, 0) is 23.6 Å². The number of nitrogens with one attached hydrogen (secondary N) is 3. The first kappa shape index (κ1) is 29.7. The van der Waals surface area contributed by atoms with Crippen molar-refractivity contribution in [1.82, 2.24) is 16.0 Å². The van der Waals surface area contributed by atoms with Gasteiger partial charge < -0.3 is 37.6 Å². The predicted molar refractivity (Wildman–Crippen MR) is 130 cm³/mol. The molecule has 35 heavy (non-hydrogen) atoms. The molecule has 4 amide bonds. The summed E-state index contributed by atoms with van der Waals surface area (Å²) in [7, 11) is 0. The molecular weight excluding hydrogens is 478 g/mol. The number of phenolic OH excluding ortho intramolecular Hbond substituents is 1. The number of carbonyl (C=O) groups is 5. The number of rotatable bonds is 14. The molecule has 0 aromatic heterocycles. The Kier molecular flexibility index (Phi) is 12.0. The number of aliphatic carboxylic acids is 1. The SMILES string of the molecule is CCC(C)C(N)C(=O)NC(CC(N)=O)C(=O)NC(CS)C(=O)NC(Cc1ccc(O)cc1)C(=O)O. The number of benzene rings is 1. The number of carboxylic acid groups (broad SMARTS) is 1. The summed E-state index contributed by atoms with van der Waals surface area (Å²) in [6, 6.07) is 0.859. The number of hydrogen-bond acceptors (Lipinski definition) is 8. The molecule has 1 rings (SSSR count). The van der Waals surface area contributed by atoms with Gasteiger partial charge in [0.15, 0.2) is 0 Å². The van der Waals surface area contributed by atoms with Crippen molar-refractivity contribution in [2.45, 2.75) is 57.3 Å². The first-order valence-corrected chi connectivity index (χ1v) is 11.6. The molecule has 12 nitrogen and oxygen atoms in total. The molecule has 0 aliphatic rings. The van der Waals surface area contributed by atoms with Gasteiger partial charge in [-0.25, -0.2) is 4.79 Å². The molecule has 1 aromatic carbocycles. The van der Waals surface area contributed by atoms with Gasteiger partial charge in [0, 0.05) is 12.2 Å². The Morgan fingerprint density at radius 3 is 1.94 bits per heavy atom. The Bertz CT molecular complexity index is 912. The number of thiol groups is 1. The van der Waals surface area contributed by atoms with E-state index < -0.39 is 60.2 Å². The van der Waals surface area contributed by atoms with Crippen LogP contribution in [0.2, 0.25) is 0 Å². The maximum absolute atomic E-state index is 12.8. The third-order valence-electron chi connectivity index (χ3n) is 5.40. The van der Waals surface area contributed by atoms with Crippen LogP contribution >= 0.6 is 12.6 Å². The molecule has 1 aromatic rings. The van der Waals surface area contributed by atoms with Crippen LogP contribution in [-0.4, -0.2) is 69.7 Å². The van der Waals surface area contributed by atoms with Crippen LogP contribution in [-0.2, 0) is 30.4 Å². The summed E-state index contributed by atoms with van der Waals surface area (Å²) in [5.41, 5.74) is 11.6. The fourth-order valence-corrected chi connectivity index (χ4v) is 3.25. The van der Waals surface area contributed by atoms with E-state index in [4.69, 9.17) is 11.5 Å². The monoisotopic (exact) mass is 511 g/mol. The second kappa shape index (κ2) is 14.2. The van der Waals surface area contributed by atoms with Crippen molar-refractivity contribution in [3.05, 3.63) is 29.8 Å². The molecule has 0 aliphatic heterocycles. The number of amides is 4. The van der Waals surface area contributed by atoms with E-state index >= 15 is 0 Å². The summed E-state index contributed by atoms with van der Waals surface area (Å²) in [6.45, 7) is 3.60. The molecule has 0 saturated heterocycles. The molecule has 9 N–H and O–H groups in total. The molecule has 0 aliphatic carbocycles. The van der Waals surface area contributed by atoms with Gasteiger partial charge in [-0.15, -0.1) is 0 Å². The molecule has 0 radical (unpaired) electrons. The third-order valence-corrected chi connectivity index (χ3v) is 5.77. The van der Waals surface area contributed by atoms with E-state index in [1.54, 1.807) is 6.92 Å². The Hall–Kier alpha value is -3.32. The Morgan fingerprint density at radius 1 is 0.943 bits per heavy atom. The third kappa shape index (κ3) is 9.83. The number of nitrogens with two attached hydrogens (primary N) is 2. The van der Waals surface area contributed by atoms with E-state index in [9.17, 15) is 34.2 Å². The van der Waals surface area contributed by atoms with Crippen molar-refractivity contribution < 1.29 is 34.2 Å². The van der Waals surface area contributed by atoms with E-state index in [1.165, 1.54) is 24.3 Å². The van der Waals surface area contributed by atoms with Gasteiger partial charge in [0.2, 0.25) is 23.6 Å². The molecule has 0 spiro atoms. The zero-order valence-corrected chi connectivity index (χ0v) is 20.5. The summed E-state index contributed by atoms with van der Waals surface area (Å²) < 4.78 is 0. The van der Waals surface area contributed by atoms with Crippen LogP contribution in [0.1, 0.15) is 32.3 Å². The second-order valence-electron chi connectivity index (χ2n) is 8.16. The van der Waals surface area contributed by atoms with Gasteiger partial charge >= 0.3 is 5.97 Å². The minimum Gasteiger partial charge on any atom is -0.508 e. The highest BCUT2D eigenvalue weighted by Gasteiger charge is 2.31. The van der Waals surface area contributed by atoms with Crippen LogP contribution in [0.15, 0.2) is 24.3 Å². The lowest BCUT2D eigenvalue weighted by Gasteiger charge is -2.25. The van der Waals surface area contributed by atoms with Crippen molar-refractivity contribution in [3.8, 4) is 5.75 Å². The van der Waals surface area contributed by atoms with Gasteiger partial charge in [0.05, 0.1) is 12.5 Å². The minimum absolute atomic E-state index is 0.00484. The lowest BCUT2D eigenvalue weighted by Crippen LogP contribution is -2.58. The van der Waals surface area contributed by atoms with Crippen LogP contribution < -0.4 is 27.4 Å². The maximum atomic E-state index is 12.8. The molecule has 5 unspecified atom stereocenters. The maximum Gasteiger partial charge on any atom is 0.326 e. The number of carbonyl (C=O) groups excluding carboxylic acids is 4. The zero-order valence-electron chi connectivity index (χ0n) is 19.6. The van der Waals surface area contributed by atoms with E-state index in [1.807, 2.05) is 6.92 Å². The van der Waals surface area contributed by atoms with Gasteiger partial charge in [0.1, 0.15) is 23.9 Å². The number of phenols is 1. The number of aromatic hydroxyl groups is 1.